The van der Waals surface area contributed by atoms with Gasteiger partial charge in [0.1, 0.15) is 17.6 Å². The van der Waals surface area contributed by atoms with Crippen LogP contribution in [-0.4, -0.2) is 36.1 Å². The molecule has 0 aliphatic heterocycles. The largest absolute Gasteiger partial charge is 0.395 e. The van der Waals surface area contributed by atoms with E-state index in [4.69, 9.17) is 9.84 Å². The zero-order valence-electron chi connectivity index (χ0n) is 6.74. The lowest BCUT2D eigenvalue weighted by Crippen LogP contribution is -2.49. The van der Waals surface area contributed by atoms with Crippen LogP contribution in [0.5, 0.6) is 0 Å². The minimum atomic E-state index is -0.554. The van der Waals surface area contributed by atoms with Crippen LogP contribution in [-0.2, 0) is 14.3 Å². The topological polar surface area (TPSA) is 63.6 Å². The fourth-order valence-corrected chi connectivity index (χ4v) is 1.25. The molecule has 1 saturated carbocycles. The summed E-state index contributed by atoms with van der Waals surface area (Å²) in [4.78, 5) is 21.2. The molecular weight excluding hydrogens is 160 g/mol. The first kappa shape index (κ1) is 9.13. The van der Waals surface area contributed by atoms with Gasteiger partial charge in [0, 0.05) is 6.61 Å². The lowest BCUT2D eigenvalue weighted by Gasteiger charge is -2.33. The van der Waals surface area contributed by atoms with Gasteiger partial charge in [-0.3, -0.25) is 4.79 Å². The summed E-state index contributed by atoms with van der Waals surface area (Å²) in [5.74, 6) is 0.635. The first-order valence-electron chi connectivity index (χ1n) is 3.77. The highest BCUT2D eigenvalue weighted by Crippen LogP contribution is 2.29. The summed E-state index contributed by atoms with van der Waals surface area (Å²) < 4.78 is 5.07. The Kier molecular flexibility index (Phi) is 2.76. The van der Waals surface area contributed by atoms with Crippen molar-refractivity contribution in [2.24, 2.45) is 5.92 Å². The Balaban J connectivity index is 2.70. The molecule has 0 radical (unpaired) electrons. The van der Waals surface area contributed by atoms with Crippen LogP contribution >= 0.6 is 0 Å². The molecule has 2 atom stereocenters. The number of hydrogen-bond donors (Lipinski definition) is 1. The predicted octanol–water partition coefficient (Wildman–Crippen LogP) is -0.659. The van der Waals surface area contributed by atoms with E-state index >= 15 is 0 Å². The normalized spacial score (nSPS) is 28.2. The molecule has 0 unspecified atom stereocenters. The van der Waals surface area contributed by atoms with Crippen molar-refractivity contribution in [2.45, 2.75) is 13.0 Å². The quantitative estimate of drug-likeness (QED) is 0.451. The molecular formula is C8H10O4. The fourth-order valence-electron chi connectivity index (χ4n) is 1.25. The highest BCUT2D eigenvalue weighted by molar-refractivity contribution is 6.11. The van der Waals surface area contributed by atoms with E-state index in [1.165, 1.54) is 5.94 Å². The molecule has 12 heavy (non-hydrogen) atoms. The highest BCUT2D eigenvalue weighted by atomic mass is 16.5. The Hall–Kier alpha value is -0.960. The molecule has 0 aromatic heterocycles. The van der Waals surface area contributed by atoms with E-state index in [-0.39, 0.29) is 18.0 Å². The summed E-state index contributed by atoms with van der Waals surface area (Å²) in [6, 6.07) is 0. The van der Waals surface area contributed by atoms with Gasteiger partial charge in [-0.15, -0.1) is 0 Å². The van der Waals surface area contributed by atoms with E-state index < -0.39 is 12.0 Å². The maximum Gasteiger partial charge on any atom is 0.180 e. The van der Waals surface area contributed by atoms with Crippen molar-refractivity contribution in [2.75, 3.05) is 13.2 Å². The Bertz CT molecular complexity index is 239. The molecule has 0 aromatic rings. The Morgan fingerprint density at radius 1 is 1.67 bits per heavy atom. The lowest BCUT2D eigenvalue weighted by atomic mass is 9.76. The molecule has 0 aromatic carbocycles. The average molecular weight is 170 g/mol. The summed E-state index contributed by atoms with van der Waals surface area (Å²) in [6.07, 6.45) is -0.537. The zero-order valence-corrected chi connectivity index (χ0v) is 6.74. The molecule has 0 heterocycles. The van der Waals surface area contributed by atoms with Crippen LogP contribution in [0.3, 0.4) is 0 Å². The summed E-state index contributed by atoms with van der Waals surface area (Å²) >= 11 is 0. The van der Waals surface area contributed by atoms with E-state index in [9.17, 15) is 9.59 Å². The van der Waals surface area contributed by atoms with E-state index in [0.717, 1.165) is 0 Å². The number of carbonyl (C=O) groups is 1. The summed E-state index contributed by atoms with van der Waals surface area (Å²) in [5.41, 5.74) is 0.0240. The van der Waals surface area contributed by atoms with E-state index in [1.54, 1.807) is 6.92 Å². The molecule has 66 valence electrons. The number of ketones is 1. The van der Waals surface area contributed by atoms with Crippen LogP contribution in [0, 0.1) is 5.92 Å². The first-order chi connectivity index (χ1) is 5.76. The maximum absolute atomic E-state index is 11.0. The Morgan fingerprint density at radius 3 is 2.75 bits per heavy atom. The fraction of sp³-hybridized carbons (Fsp3) is 0.625. The van der Waals surface area contributed by atoms with Crippen molar-refractivity contribution in [1.82, 2.24) is 0 Å². The molecule has 4 heteroatoms. The van der Waals surface area contributed by atoms with Gasteiger partial charge in [-0.2, -0.15) is 0 Å². The van der Waals surface area contributed by atoms with Crippen LogP contribution in [0.15, 0.2) is 5.57 Å². The summed E-state index contributed by atoms with van der Waals surface area (Å²) in [7, 11) is 0. The molecule has 0 bridgehead atoms. The number of aliphatic hydroxyl groups is 1. The van der Waals surface area contributed by atoms with Crippen molar-refractivity contribution in [3.63, 3.8) is 0 Å². The van der Waals surface area contributed by atoms with Crippen LogP contribution in [0.25, 0.3) is 0 Å². The molecule has 1 aliphatic rings. The number of aliphatic hydroxyl groups excluding tert-OH is 1. The smallest absolute Gasteiger partial charge is 0.180 e. The van der Waals surface area contributed by atoms with Crippen LogP contribution < -0.4 is 0 Å². The number of ether oxygens (including phenoxy) is 1. The predicted molar refractivity (Wildman–Crippen MR) is 40.2 cm³/mol. The van der Waals surface area contributed by atoms with Crippen molar-refractivity contribution >= 4 is 11.7 Å². The second-order valence-electron chi connectivity index (χ2n) is 2.54. The molecule has 1 N–H and O–H groups in total. The Morgan fingerprint density at radius 2 is 2.33 bits per heavy atom. The lowest BCUT2D eigenvalue weighted by molar-refractivity contribution is -0.135. The van der Waals surface area contributed by atoms with Gasteiger partial charge in [0.15, 0.2) is 5.78 Å². The molecule has 1 fully saturated rings. The SMILES string of the molecule is CCO[C@@H]1C(=C=O)C(=O)[C@H]1CO. The minimum Gasteiger partial charge on any atom is -0.395 e. The Labute approximate surface area is 69.8 Å². The number of carbonyl (C=O) groups excluding carboxylic acids is 2. The van der Waals surface area contributed by atoms with Crippen molar-refractivity contribution in [1.29, 1.82) is 0 Å². The van der Waals surface area contributed by atoms with Crippen LogP contribution in [0.1, 0.15) is 6.92 Å². The van der Waals surface area contributed by atoms with Crippen LogP contribution in [0.2, 0.25) is 0 Å². The van der Waals surface area contributed by atoms with Gasteiger partial charge < -0.3 is 9.84 Å². The standard InChI is InChI=1S/C8H10O4/c1-2-12-8-5(3-9)7(11)6(8)4-10/h5,8-9H,2-3H2,1H3/t5-,8+/m1/s1. The molecule has 0 amide bonds. The number of hydrogen-bond acceptors (Lipinski definition) is 4. The van der Waals surface area contributed by atoms with Gasteiger partial charge in [-0.25, -0.2) is 4.79 Å². The molecule has 1 aliphatic carbocycles. The van der Waals surface area contributed by atoms with Gasteiger partial charge in [-0.1, -0.05) is 0 Å². The third-order valence-corrected chi connectivity index (χ3v) is 1.91. The van der Waals surface area contributed by atoms with Crippen LogP contribution in [0.4, 0.5) is 0 Å². The van der Waals surface area contributed by atoms with Gasteiger partial charge in [0.25, 0.3) is 0 Å². The van der Waals surface area contributed by atoms with Gasteiger partial charge in [0.2, 0.25) is 0 Å². The second-order valence-corrected chi connectivity index (χ2v) is 2.54. The van der Waals surface area contributed by atoms with E-state index in [0.29, 0.717) is 6.61 Å². The third kappa shape index (κ3) is 1.20. The highest BCUT2D eigenvalue weighted by Gasteiger charge is 2.46. The molecule has 0 saturated heterocycles. The third-order valence-electron chi connectivity index (χ3n) is 1.91. The molecule has 4 nitrogen and oxygen atoms in total. The van der Waals surface area contributed by atoms with E-state index in [1.807, 2.05) is 0 Å². The van der Waals surface area contributed by atoms with E-state index in [2.05, 4.69) is 0 Å². The summed E-state index contributed by atoms with van der Waals surface area (Å²) in [5, 5.41) is 8.72. The average Bonchev–Trinajstić information content (AvgIpc) is 2.06. The minimum absolute atomic E-state index is 0.0240. The second kappa shape index (κ2) is 3.63. The van der Waals surface area contributed by atoms with Crippen molar-refractivity contribution in [3.8, 4) is 0 Å². The first-order valence-corrected chi connectivity index (χ1v) is 3.77. The maximum atomic E-state index is 11.0. The monoisotopic (exact) mass is 170 g/mol. The summed E-state index contributed by atoms with van der Waals surface area (Å²) in [6.45, 7) is 1.91. The van der Waals surface area contributed by atoms with Crippen molar-refractivity contribution < 1.29 is 19.4 Å². The molecule has 1 rings (SSSR count). The zero-order chi connectivity index (χ0) is 9.14. The van der Waals surface area contributed by atoms with Crippen molar-refractivity contribution in [3.05, 3.63) is 5.57 Å². The number of rotatable bonds is 3. The molecule has 0 spiro atoms. The van der Waals surface area contributed by atoms with Gasteiger partial charge in [-0.05, 0) is 6.92 Å². The van der Waals surface area contributed by atoms with Gasteiger partial charge in [0.05, 0.1) is 12.5 Å². The van der Waals surface area contributed by atoms with Gasteiger partial charge >= 0.3 is 0 Å². The number of Topliss-reactive ketones (excluding diaryl/α,β-unsaturated/α-hetero) is 1.